The number of allylic oxidation sites excluding steroid dienone is 2. The predicted octanol–water partition coefficient (Wildman–Crippen LogP) is 8.14. The number of benzene rings is 3. The van der Waals surface area contributed by atoms with Crippen molar-refractivity contribution < 1.29 is 48.3 Å². The first-order valence-corrected chi connectivity index (χ1v) is 18.3. The van der Waals surface area contributed by atoms with Gasteiger partial charge in [-0.3, -0.25) is 4.79 Å². The minimum Gasteiger partial charge on any atom is -0.497 e. The Kier molecular flexibility index (Phi) is 11.1. The van der Waals surface area contributed by atoms with E-state index in [1.54, 1.807) is 54.5 Å². The zero-order valence-electron chi connectivity index (χ0n) is 32.9. The number of aliphatic hydroxyl groups is 1. The fraction of sp³-hybridized carbons (Fsp3) is 0.333. The number of rotatable bonds is 9. The summed E-state index contributed by atoms with van der Waals surface area (Å²) in [4.78, 5) is 61.1. The van der Waals surface area contributed by atoms with Crippen LogP contribution in [-0.4, -0.2) is 56.6 Å². The van der Waals surface area contributed by atoms with Crippen molar-refractivity contribution in [3.8, 4) is 23.1 Å². The molecule has 0 bridgehead atoms. The molecule has 55 heavy (non-hydrogen) atoms. The Morgan fingerprint density at radius 1 is 0.800 bits per heavy atom. The van der Waals surface area contributed by atoms with Crippen molar-refractivity contribution in [3.63, 3.8) is 0 Å². The number of halogens is 1. The molecular formula is C42H43BrN2O10. The number of esters is 2. The SMILES string of the molecule is CCc1c(C)c(C(=O)O)c(C)c(C)c1Oc1nc(C)nc2c(C)c(OC(=O)c3c(C)c(C)c(OC(=O)[C@@]4(O)C(C)=CC(=O)C=C4OC)c(Br)c3C)cc(C)c12. The number of carbonyl (C=O) groups excluding carboxylic acids is 3. The molecule has 1 heterocycles. The van der Waals surface area contributed by atoms with Gasteiger partial charge in [-0.15, -0.1) is 0 Å². The Morgan fingerprint density at radius 3 is 2.02 bits per heavy atom. The van der Waals surface area contributed by atoms with Crippen LogP contribution in [0.25, 0.3) is 10.9 Å². The quantitative estimate of drug-likeness (QED) is 0.123. The predicted molar refractivity (Wildman–Crippen MR) is 209 cm³/mol. The highest BCUT2D eigenvalue weighted by atomic mass is 79.9. The van der Waals surface area contributed by atoms with Gasteiger partial charge in [0.1, 0.15) is 28.8 Å². The first-order valence-electron chi connectivity index (χ1n) is 17.5. The van der Waals surface area contributed by atoms with E-state index in [0.29, 0.717) is 79.3 Å². The van der Waals surface area contributed by atoms with E-state index in [0.717, 1.165) is 17.7 Å². The molecule has 0 amide bonds. The maximum Gasteiger partial charge on any atom is 0.356 e. The number of fused-ring (bicyclic) bond motifs is 1. The number of carboxylic acid groups (broad SMARTS) is 1. The van der Waals surface area contributed by atoms with Crippen LogP contribution in [0.3, 0.4) is 0 Å². The third kappa shape index (κ3) is 6.80. The largest absolute Gasteiger partial charge is 0.497 e. The molecule has 1 aromatic heterocycles. The van der Waals surface area contributed by atoms with E-state index in [1.807, 2.05) is 20.8 Å². The summed E-state index contributed by atoms with van der Waals surface area (Å²) in [7, 11) is 1.24. The first kappa shape index (κ1) is 40.8. The van der Waals surface area contributed by atoms with Crippen LogP contribution in [0.2, 0.25) is 0 Å². The number of ketones is 1. The summed E-state index contributed by atoms with van der Waals surface area (Å²) >= 11 is 3.49. The van der Waals surface area contributed by atoms with Crippen LogP contribution < -0.4 is 14.2 Å². The molecule has 1 aliphatic carbocycles. The zero-order valence-corrected chi connectivity index (χ0v) is 34.5. The highest BCUT2D eigenvalue weighted by molar-refractivity contribution is 9.10. The summed E-state index contributed by atoms with van der Waals surface area (Å²) in [6.45, 7) is 19.1. The minimum atomic E-state index is -2.34. The molecular weight excluding hydrogens is 772 g/mol. The van der Waals surface area contributed by atoms with Crippen LogP contribution in [0.5, 0.6) is 23.1 Å². The molecule has 0 saturated carbocycles. The van der Waals surface area contributed by atoms with Gasteiger partial charge < -0.3 is 29.2 Å². The van der Waals surface area contributed by atoms with Gasteiger partial charge in [0, 0.05) is 11.6 Å². The topological polar surface area (TPSA) is 171 Å². The Labute approximate surface area is 327 Å². The molecule has 0 radical (unpaired) electrons. The summed E-state index contributed by atoms with van der Waals surface area (Å²) in [5.74, 6) is -1.88. The number of aryl methyl sites for hydroxylation is 3. The van der Waals surface area contributed by atoms with E-state index in [2.05, 4.69) is 20.9 Å². The third-order valence-electron chi connectivity index (χ3n) is 10.5. The van der Waals surface area contributed by atoms with Crippen molar-refractivity contribution in [2.75, 3.05) is 7.11 Å². The van der Waals surface area contributed by atoms with Crippen molar-refractivity contribution in [1.82, 2.24) is 9.97 Å². The van der Waals surface area contributed by atoms with Crippen LogP contribution in [-0.2, 0) is 20.7 Å². The second-order valence-corrected chi connectivity index (χ2v) is 14.6. The average Bonchev–Trinajstić information content (AvgIpc) is 3.11. The van der Waals surface area contributed by atoms with Crippen LogP contribution >= 0.6 is 15.9 Å². The Morgan fingerprint density at radius 2 is 1.42 bits per heavy atom. The van der Waals surface area contributed by atoms with Gasteiger partial charge in [-0.25, -0.2) is 19.4 Å². The fourth-order valence-electron chi connectivity index (χ4n) is 7.10. The second kappa shape index (κ2) is 15.0. The number of hydrogen-bond acceptors (Lipinski definition) is 11. The van der Waals surface area contributed by atoms with Gasteiger partial charge in [-0.2, -0.15) is 4.98 Å². The molecule has 1 atom stereocenters. The van der Waals surface area contributed by atoms with Gasteiger partial charge in [0.2, 0.25) is 11.5 Å². The highest BCUT2D eigenvalue weighted by Gasteiger charge is 2.48. The lowest BCUT2D eigenvalue weighted by Crippen LogP contribution is -2.47. The second-order valence-electron chi connectivity index (χ2n) is 13.8. The van der Waals surface area contributed by atoms with Gasteiger partial charge in [0.05, 0.1) is 33.6 Å². The summed E-state index contributed by atoms with van der Waals surface area (Å²) < 4.78 is 23.9. The molecule has 13 heteroatoms. The van der Waals surface area contributed by atoms with E-state index in [1.165, 1.54) is 14.0 Å². The molecule has 0 aliphatic heterocycles. The summed E-state index contributed by atoms with van der Waals surface area (Å²) in [5.41, 5.74) is 3.96. The van der Waals surface area contributed by atoms with Crippen LogP contribution in [0.4, 0.5) is 0 Å². The van der Waals surface area contributed by atoms with E-state index >= 15 is 0 Å². The average molecular weight is 816 g/mol. The molecule has 288 valence electrons. The number of carbonyl (C=O) groups is 4. The number of aromatic carboxylic acids is 1. The van der Waals surface area contributed by atoms with E-state index in [4.69, 9.17) is 23.9 Å². The van der Waals surface area contributed by atoms with E-state index in [-0.39, 0.29) is 38.4 Å². The third-order valence-corrected chi connectivity index (χ3v) is 11.4. The van der Waals surface area contributed by atoms with Gasteiger partial charge >= 0.3 is 17.9 Å². The maximum absolute atomic E-state index is 14.0. The number of hydrogen-bond donors (Lipinski definition) is 2. The lowest BCUT2D eigenvalue weighted by Gasteiger charge is -2.30. The molecule has 2 N–H and O–H groups in total. The molecule has 1 aliphatic rings. The van der Waals surface area contributed by atoms with E-state index < -0.39 is 29.3 Å². The molecule has 0 fully saturated rings. The Bertz CT molecular complexity index is 2420. The molecule has 4 aromatic rings. The number of ether oxygens (including phenoxy) is 4. The van der Waals surface area contributed by atoms with Crippen molar-refractivity contribution in [2.45, 2.75) is 88.2 Å². The number of carboxylic acids is 1. The Balaban J connectivity index is 1.53. The smallest absolute Gasteiger partial charge is 0.356 e. The van der Waals surface area contributed by atoms with Gasteiger partial charge in [-0.1, -0.05) is 6.92 Å². The summed E-state index contributed by atoms with van der Waals surface area (Å²) in [6, 6.07) is 1.72. The number of aromatic nitrogens is 2. The minimum absolute atomic E-state index is 0.0323. The van der Waals surface area contributed by atoms with Gasteiger partial charge in [0.25, 0.3) is 0 Å². The van der Waals surface area contributed by atoms with Crippen molar-refractivity contribution in [2.24, 2.45) is 0 Å². The normalized spacial score (nSPS) is 15.4. The summed E-state index contributed by atoms with van der Waals surface area (Å²) in [6.07, 6.45) is 2.69. The van der Waals surface area contributed by atoms with Gasteiger partial charge in [-0.05, 0) is 154 Å². The van der Waals surface area contributed by atoms with Crippen molar-refractivity contribution in [3.05, 3.63) is 101 Å². The number of nitrogens with zero attached hydrogens (tertiary/aromatic N) is 2. The fourth-order valence-corrected chi connectivity index (χ4v) is 7.68. The molecule has 0 spiro atoms. The monoisotopic (exact) mass is 814 g/mol. The van der Waals surface area contributed by atoms with Crippen LogP contribution in [0.15, 0.2) is 34.0 Å². The van der Waals surface area contributed by atoms with Crippen molar-refractivity contribution >= 4 is 50.5 Å². The number of methoxy groups -OCH3 is 1. The lowest BCUT2D eigenvalue weighted by atomic mass is 9.87. The first-order chi connectivity index (χ1) is 25.7. The van der Waals surface area contributed by atoms with Crippen LogP contribution in [0, 0.1) is 62.3 Å². The zero-order chi connectivity index (χ0) is 41.0. The molecule has 3 aromatic carbocycles. The van der Waals surface area contributed by atoms with Gasteiger partial charge in [0.15, 0.2) is 5.78 Å². The molecule has 0 saturated heterocycles. The molecule has 0 unspecified atom stereocenters. The Hall–Kier alpha value is -5.40. The summed E-state index contributed by atoms with van der Waals surface area (Å²) in [5, 5.41) is 21.9. The standard InChI is InChI=1S/C42H43BrN2O10/c1-13-28-23(8)32(39(47)48)19(4)21(6)36(28)54-38-31-17(2)14-29(24(9)35(31)44-26(11)45-38)53-40(49)33-20(5)22(7)37(34(43)25(33)10)55-41(50)42(51)18(3)15-27(46)16-30(42)52-12/h14-16,51H,13H2,1-12H3,(H,47,48)/t42-/m1/s1. The highest BCUT2D eigenvalue weighted by Crippen LogP contribution is 2.43. The lowest BCUT2D eigenvalue weighted by molar-refractivity contribution is -0.151. The molecule has 5 rings (SSSR count). The van der Waals surface area contributed by atoms with Crippen molar-refractivity contribution in [1.29, 1.82) is 0 Å². The maximum atomic E-state index is 14.0. The molecule has 12 nitrogen and oxygen atoms in total. The van der Waals surface area contributed by atoms with E-state index in [9.17, 15) is 29.4 Å². The van der Waals surface area contributed by atoms with Crippen LogP contribution in [0.1, 0.15) is 90.5 Å².